The average molecular weight is 629 g/mol. The minimum atomic E-state index is -0.179. The van der Waals surface area contributed by atoms with Gasteiger partial charge in [-0.3, -0.25) is 19.4 Å². The van der Waals surface area contributed by atoms with E-state index in [4.69, 9.17) is 9.97 Å². The Morgan fingerprint density at radius 2 is 1.11 bits per heavy atom. The normalized spacial score (nSPS) is 15.4. The van der Waals surface area contributed by atoms with Crippen LogP contribution in [0.5, 0.6) is 0 Å². The predicted molar refractivity (Wildman–Crippen MR) is 180 cm³/mol. The smallest absolute Gasteiger partial charge is 0.284 e. The second kappa shape index (κ2) is 12.5. The van der Waals surface area contributed by atoms with Gasteiger partial charge < -0.3 is 10.6 Å². The highest BCUT2D eigenvalue weighted by Crippen LogP contribution is 2.35. The molecule has 0 atom stereocenters. The van der Waals surface area contributed by atoms with Crippen molar-refractivity contribution in [2.75, 3.05) is 23.7 Å². The summed E-state index contributed by atoms with van der Waals surface area (Å²) >= 11 is 2.99. The lowest BCUT2D eigenvalue weighted by molar-refractivity contribution is 0.101. The van der Waals surface area contributed by atoms with Crippen LogP contribution in [0.4, 0.5) is 11.4 Å². The zero-order valence-corrected chi connectivity index (χ0v) is 27.9. The number of rotatable bonds is 7. The Balaban J connectivity index is 1.19. The molecule has 2 aliphatic rings. The summed E-state index contributed by atoms with van der Waals surface area (Å²) in [4.78, 5) is 43.2. The number of carbonyl (C=O) groups excluding carboxylic acids is 2. The molecule has 4 heterocycles. The Kier molecular flexibility index (Phi) is 8.70. The fourth-order valence-corrected chi connectivity index (χ4v) is 8.04. The zero-order chi connectivity index (χ0) is 31.1. The van der Waals surface area contributed by atoms with Gasteiger partial charge >= 0.3 is 0 Å². The number of nitrogens with one attached hydrogen (secondary N) is 2. The Morgan fingerprint density at radius 3 is 1.50 bits per heavy atom. The van der Waals surface area contributed by atoms with Gasteiger partial charge in [0.2, 0.25) is 0 Å². The second-order valence-electron chi connectivity index (χ2n) is 12.3. The van der Waals surface area contributed by atoms with Crippen LogP contribution in [0.25, 0.3) is 11.1 Å². The van der Waals surface area contributed by atoms with Gasteiger partial charge in [-0.2, -0.15) is 0 Å². The Morgan fingerprint density at radius 1 is 0.705 bits per heavy atom. The topological polar surface area (TPSA) is 90.5 Å². The molecule has 0 unspecified atom stereocenters. The summed E-state index contributed by atoms with van der Waals surface area (Å²) in [6.07, 6.45) is 1.75. The van der Waals surface area contributed by atoms with Gasteiger partial charge in [0.15, 0.2) is 10.0 Å². The van der Waals surface area contributed by atoms with Crippen LogP contribution in [0, 0.1) is 13.8 Å². The summed E-state index contributed by atoms with van der Waals surface area (Å²) in [7, 11) is 0. The van der Waals surface area contributed by atoms with E-state index in [1.165, 1.54) is 32.4 Å². The lowest BCUT2D eigenvalue weighted by Gasteiger charge is -2.29. The van der Waals surface area contributed by atoms with Crippen molar-refractivity contribution < 1.29 is 9.59 Å². The zero-order valence-electron chi connectivity index (χ0n) is 26.3. The Hall–Kier alpha value is -3.44. The summed E-state index contributed by atoms with van der Waals surface area (Å²) in [5, 5.41) is 7.25. The molecule has 0 radical (unpaired) electrons. The molecular formula is C34H40N6O2S2. The van der Waals surface area contributed by atoms with E-state index in [2.05, 4.69) is 60.3 Å². The summed E-state index contributed by atoms with van der Waals surface area (Å²) in [5.41, 5.74) is 7.52. The molecule has 0 spiro atoms. The molecule has 2 aromatic heterocycles. The summed E-state index contributed by atoms with van der Waals surface area (Å²) < 4.78 is 0. The molecule has 2 aromatic carbocycles. The molecule has 2 amide bonds. The van der Waals surface area contributed by atoms with Crippen LogP contribution in [0.1, 0.15) is 79.6 Å². The summed E-state index contributed by atoms with van der Waals surface area (Å²) in [6.45, 7) is 16.5. The van der Waals surface area contributed by atoms with Crippen molar-refractivity contribution in [2.24, 2.45) is 0 Å². The number of benzene rings is 2. The molecule has 2 aliphatic heterocycles. The standard InChI is InChI=1S/C34H40N6O2S2/c1-19(2)39-15-13-27-29(17-39)43-33(37-27)31(41)35-25-11-7-9-23(21(25)5)24-10-8-12-26(22(24)6)36-32(42)34-38-28-14-16-40(20(3)4)18-30(28)44-34/h7-12,19-20H,13-18H2,1-6H3,(H,35,41)(H,36,42). The first kappa shape index (κ1) is 30.6. The van der Waals surface area contributed by atoms with Gasteiger partial charge in [0.25, 0.3) is 11.8 Å². The van der Waals surface area contributed by atoms with E-state index in [1.54, 1.807) is 0 Å². The van der Waals surface area contributed by atoms with Crippen LogP contribution < -0.4 is 10.6 Å². The van der Waals surface area contributed by atoms with Crippen molar-refractivity contribution in [2.45, 2.75) is 79.6 Å². The number of hydrogen-bond acceptors (Lipinski definition) is 8. The Labute approximate surface area is 267 Å². The van der Waals surface area contributed by atoms with Crippen molar-refractivity contribution in [3.63, 3.8) is 0 Å². The highest BCUT2D eigenvalue weighted by Gasteiger charge is 2.26. The number of hydrogen-bond donors (Lipinski definition) is 2. The first-order valence-corrected chi connectivity index (χ1v) is 17.0. The van der Waals surface area contributed by atoms with Crippen LogP contribution in [-0.4, -0.2) is 56.8 Å². The molecule has 0 saturated heterocycles. The third-order valence-electron chi connectivity index (χ3n) is 8.82. The van der Waals surface area contributed by atoms with Crippen molar-refractivity contribution in [3.8, 4) is 11.1 Å². The van der Waals surface area contributed by atoms with Gasteiger partial charge in [0.1, 0.15) is 0 Å². The average Bonchev–Trinajstić information content (AvgIpc) is 3.63. The molecule has 0 bridgehead atoms. The monoisotopic (exact) mass is 628 g/mol. The molecular weight excluding hydrogens is 589 g/mol. The van der Waals surface area contributed by atoms with E-state index >= 15 is 0 Å². The molecule has 230 valence electrons. The maximum atomic E-state index is 13.3. The van der Waals surface area contributed by atoms with Crippen molar-refractivity contribution >= 4 is 45.9 Å². The molecule has 4 aromatic rings. The number of amides is 2. The van der Waals surface area contributed by atoms with Gasteiger partial charge in [0, 0.05) is 72.2 Å². The molecule has 8 nitrogen and oxygen atoms in total. The third kappa shape index (κ3) is 6.08. The number of thiazole rings is 2. The highest BCUT2D eigenvalue weighted by molar-refractivity contribution is 7.14. The van der Waals surface area contributed by atoms with E-state index in [-0.39, 0.29) is 11.8 Å². The van der Waals surface area contributed by atoms with E-state index in [9.17, 15) is 9.59 Å². The van der Waals surface area contributed by atoms with Gasteiger partial charge in [-0.05, 0) is 75.9 Å². The number of aromatic nitrogens is 2. The molecule has 44 heavy (non-hydrogen) atoms. The van der Waals surface area contributed by atoms with Gasteiger partial charge in [-0.15, -0.1) is 22.7 Å². The predicted octanol–water partition coefficient (Wildman–Crippen LogP) is 6.92. The fraction of sp³-hybridized carbons (Fsp3) is 0.412. The lowest BCUT2D eigenvalue weighted by atomic mass is 9.94. The molecule has 2 N–H and O–H groups in total. The van der Waals surface area contributed by atoms with Crippen LogP contribution in [0.3, 0.4) is 0 Å². The number of anilines is 2. The molecule has 0 fully saturated rings. The van der Waals surface area contributed by atoms with Crippen molar-refractivity contribution in [1.29, 1.82) is 0 Å². The highest BCUT2D eigenvalue weighted by atomic mass is 32.1. The van der Waals surface area contributed by atoms with Crippen LogP contribution >= 0.6 is 22.7 Å². The first-order valence-electron chi connectivity index (χ1n) is 15.4. The quantitative estimate of drug-likeness (QED) is 0.231. The van der Waals surface area contributed by atoms with E-state index < -0.39 is 0 Å². The second-order valence-corrected chi connectivity index (χ2v) is 14.4. The molecule has 6 rings (SSSR count). The first-order chi connectivity index (χ1) is 21.1. The van der Waals surface area contributed by atoms with E-state index in [0.29, 0.717) is 22.1 Å². The maximum Gasteiger partial charge on any atom is 0.284 e. The number of carbonyl (C=O) groups is 2. The van der Waals surface area contributed by atoms with Crippen LogP contribution in [-0.2, 0) is 25.9 Å². The number of fused-ring (bicyclic) bond motifs is 2. The maximum absolute atomic E-state index is 13.3. The third-order valence-corrected chi connectivity index (χ3v) is 11.0. The summed E-state index contributed by atoms with van der Waals surface area (Å²) in [6, 6.07) is 12.8. The molecule has 0 aliphatic carbocycles. The van der Waals surface area contributed by atoms with Crippen molar-refractivity contribution in [1.82, 2.24) is 19.8 Å². The Bertz CT molecular complexity index is 1600. The lowest BCUT2D eigenvalue weighted by Crippen LogP contribution is -2.35. The van der Waals surface area contributed by atoms with Gasteiger partial charge in [0.05, 0.1) is 11.4 Å². The molecule has 10 heteroatoms. The van der Waals surface area contributed by atoms with Gasteiger partial charge in [-0.25, -0.2) is 9.97 Å². The van der Waals surface area contributed by atoms with Gasteiger partial charge in [-0.1, -0.05) is 24.3 Å². The van der Waals surface area contributed by atoms with Crippen LogP contribution in [0.2, 0.25) is 0 Å². The number of nitrogens with zero attached hydrogens (tertiary/aromatic N) is 4. The minimum Gasteiger partial charge on any atom is -0.320 e. The van der Waals surface area contributed by atoms with E-state index in [1.807, 2.05) is 38.1 Å². The van der Waals surface area contributed by atoms with Crippen molar-refractivity contribution in [3.05, 3.63) is 78.7 Å². The largest absolute Gasteiger partial charge is 0.320 e. The SMILES string of the molecule is Cc1c(NC(=O)c2nc3c(s2)CN(C(C)C)CC3)cccc1-c1cccc(NC(=O)c2nc3c(s2)CN(C(C)C)CC3)c1C. The van der Waals surface area contributed by atoms with Crippen LogP contribution in [0.15, 0.2) is 36.4 Å². The minimum absolute atomic E-state index is 0.179. The fourth-order valence-electron chi connectivity index (χ4n) is 5.98. The molecule has 0 saturated carbocycles. The van der Waals surface area contributed by atoms with E-state index in [0.717, 1.165) is 84.0 Å². The summed E-state index contributed by atoms with van der Waals surface area (Å²) in [5.74, 6) is -0.359.